The van der Waals surface area contributed by atoms with Crippen LogP contribution in [0.1, 0.15) is 17.5 Å². The predicted octanol–water partition coefficient (Wildman–Crippen LogP) is 1.50. The Morgan fingerprint density at radius 3 is 2.42 bits per heavy atom. The Labute approximate surface area is 142 Å². The highest BCUT2D eigenvalue weighted by atomic mass is 16.5. The number of aryl methyl sites for hydroxylation is 1. The second-order valence-electron chi connectivity index (χ2n) is 5.69. The highest BCUT2D eigenvalue weighted by molar-refractivity contribution is 6.43. The van der Waals surface area contributed by atoms with Crippen molar-refractivity contribution in [2.75, 3.05) is 6.61 Å². The summed E-state index contributed by atoms with van der Waals surface area (Å²) in [6, 6.07) is 17.0. The van der Waals surface area contributed by atoms with Gasteiger partial charge in [0.2, 0.25) is 5.91 Å². The zero-order valence-corrected chi connectivity index (χ0v) is 13.7. The fourth-order valence-electron chi connectivity index (χ4n) is 2.27. The molecule has 2 aromatic rings. The molecule has 0 aromatic heterocycles. The van der Waals surface area contributed by atoms with Gasteiger partial charge in [-0.3, -0.25) is 4.79 Å². The van der Waals surface area contributed by atoms with E-state index in [9.17, 15) is 14.8 Å². The van der Waals surface area contributed by atoms with E-state index >= 15 is 0 Å². The van der Waals surface area contributed by atoms with Gasteiger partial charge < -0.3 is 20.1 Å². The number of amides is 1. The average molecular weight is 327 g/mol. The number of rotatable bonds is 8. The molecular weight excluding hydrogens is 305 g/mol. The van der Waals surface area contributed by atoms with Crippen LogP contribution in [-0.4, -0.2) is 35.6 Å². The molecule has 1 unspecified atom stereocenters. The number of nitrogens with one attached hydrogen (secondary N) is 1. The summed E-state index contributed by atoms with van der Waals surface area (Å²) in [5.41, 5.74) is 2.06. The molecule has 0 spiro atoms. The SMILES string of the molecule is Cc1ccc(CC(NC(=O)CCOc2ccccc2)B(O)O)cc1. The van der Waals surface area contributed by atoms with Crippen molar-refractivity contribution in [1.82, 2.24) is 5.32 Å². The molecule has 2 rings (SSSR count). The Kier molecular flexibility index (Phi) is 6.84. The summed E-state index contributed by atoms with van der Waals surface area (Å²) >= 11 is 0. The molecule has 24 heavy (non-hydrogen) atoms. The molecule has 0 aliphatic carbocycles. The van der Waals surface area contributed by atoms with E-state index in [1.54, 1.807) is 0 Å². The molecule has 0 fully saturated rings. The van der Waals surface area contributed by atoms with Crippen molar-refractivity contribution in [3.8, 4) is 5.75 Å². The molecule has 126 valence electrons. The summed E-state index contributed by atoms with van der Waals surface area (Å²) in [5, 5.41) is 21.6. The Morgan fingerprint density at radius 1 is 1.12 bits per heavy atom. The third-order valence-electron chi connectivity index (χ3n) is 3.62. The van der Waals surface area contributed by atoms with Crippen molar-refractivity contribution in [2.24, 2.45) is 0 Å². The molecule has 1 amide bonds. The summed E-state index contributed by atoms with van der Waals surface area (Å²) < 4.78 is 5.46. The summed E-state index contributed by atoms with van der Waals surface area (Å²) in [5.74, 6) is -0.336. The lowest BCUT2D eigenvalue weighted by Gasteiger charge is -2.18. The van der Waals surface area contributed by atoms with Gasteiger partial charge in [0, 0.05) is 0 Å². The highest BCUT2D eigenvalue weighted by Gasteiger charge is 2.25. The molecule has 0 radical (unpaired) electrons. The molecule has 0 aliphatic heterocycles. The van der Waals surface area contributed by atoms with Gasteiger partial charge in [0.05, 0.1) is 19.0 Å². The van der Waals surface area contributed by atoms with Crippen LogP contribution in [0, 0.1) is 6.92 Å². The third-order valence-corrected chi connectivity index (χ3v) is 3.62. The maximum Gasteiger partial charge on any atom is 0.475 e. The van der Waals surface area contributed by atoms with Crippen molar-refractivity contribution in [1.29, 1.82) is 0 Å². The first kappa shape index (κ1) is 18.0. The van der Waals surface area contributed by atoms with E-state index in [0.29, 0.717) is 12.2 Å². The molecule has 6 heteroatoms. The van der Waals surface area contributed by atoms with E-state index < -0.39 is 13.1 Å². The average Bonchev–Trinajstić information content (AvgIpc) is 2.57. The largest absolute Gasteiger partial charge is 0.493 e. The lowest BCUT2D eigenvalue weighted by atomic mass is 9.76. The second kappa shape index (κ2) is 9.10. The summed E-state index contributed by atoms with van der Waals surface area (Å²) in [6.45, 7) is 2.21. The van der Waals surface area contributed by atoms with E-state index in [1.807, 2.05) is 61.5 Å². The van der Waals surface area contributed by atoms with Gasteiger partial charge in [-0.25, -0.2) is 0 Å². The predicted molar refractivity (Wildman–Crippen MR) is 93.6 cm³/mol. The van der Waals surface area contributed by atoms with Gasteiger partial charge in [-0.1, -0.05) is 48.0 Å². The first-order valence-electron chi connectivity index (χ1n) is 7.93. The van der Waals surface area contributed by atoms with Crippen LogP contribution in [-0.2, 0) is 11.2 Å². The maximum atomic E-state index is 12.0. The molecular formula is C18H22BNO4. The van der Waals surface area contributed by atoms with Crippen LogP contribution < -0.4 is 10.1 Å². The Hall–Kier alpha value is -2.31. The van der Waals surface area contributed by atoms with Gasteiger partial charge in [0.25, 0.3) is 0 Å². The lowest BCUT2D eigenvalue weighted by Crippen LogP contribution is -2.48. The fourth-order valence-corrected chi connectivity index (χ4v) is 2.27. The molecule has 3 N–H and O–H groups in total. The van der Waals surface area contributed by atoms with E-state index in [2.05, 4.69) is 5.32 Å². The number of hydrogen-bond acceptors (Lipinski definition) is 4. The number of carbonyl (C=O) groups is 1. The standard InChI is InChI=1S/C18H22BNO4/c1-14-7-9-15(10-8-14)13-17(19(22)23)20-18(21)11-12-24-16-5-3-2-4-6-16/h2-10,17,22-23H,11-13H2,1H3,(H,20,21). The number of benzene rings is 2. The maximum absolute atomic E-state index is 12.0. The van der Waals surface area contributed by atoms with E-state index in [1.165, 1.54) is 0 Å². The van der Waals surface area contributed by atoms with Crippen molar-refractivity contribution in [3.63, 3.8) is 0 Å². The molecule has 0 bridgehead atoms. The van der Waals surface area contributed by atoms with Crippen LogP contribution in [0.5, 0.6) is 5.75 Å². The summed E-state index contributed by atoms with van der Waals surface area (Å²) in [7, 11) is -1.62. The van der Waals surface area contributed by atoms with Crippen LogP contribution >= 0.6 is 0 Å². The zero-order valence-electron chi connectivity index (χ0n) is 13.7. The van der Waals surface area contributed by atoms with Gasteiger partial charge in [0.15, 0.2) is 0 Å². The van der Waals surface area contributed by atoms with Crippen LogP contribution in [0.4, 0.5) is 0 Å². The quantitative estimate of drug-likeness (QED) is 0.642. The minimum Gasteiger partial charge on any atom is -0.493 e. The minimum atomic E-state index is -1.62. The highest BCUT2D eigenvalue weighted by Crippen LogP contribution is 2.09. The molecule has 1 atom stereocenters. The summed E-state index contributed by atoms with van der Waals surface area (Å²) in [6.07, 6.45) is 0.495. The molecule has 2 aromatic carbocycles. The van der Waals surface area contributed by atoms with Crippen LogP contribution in [0.3, 0.4) is 0 Å². The summed E-state index contributed by atoms with van der Waals surface area (Å²) in [4.78, 5) is 12.0. The Morgan fingerprint density at radius 2 is 1.79 bits per heavy atom. The number of hydrogen-bond donors (Lipinski definition) is 3. The van der Waals surface area contributed by atoms with Crippen molar-refractivity contribution in [3.05, 3.63) is 65.7 Å². The van der Waals surface area contributed by atoms with Crippen LogP contribution in [0.15, 0.2) is 54.6 Å². The molecule has 0 heterocycles. The minimum absolute atomic E-state index is 0.145. The monoisotopic (exact) mass is 327 g/mol. The topological polar surface area (TPSA) is 78.8 Å². The lowest BCUT2D eigenvalue weighted by molar-refractivity contribution is -0.122. The van der Waals surface area contributed by atoms with Crippen molar-refractivity contribution in [2.45, 2.75) is 25.7 Å². The number of ether oxygens (including phenoxy) is 1. The second-order valence-corrected chi connectivity index (χ2v) is 5.69. The molecule has 0 aliphatic rings. The smallest absolute Gasteiger partial charge is 0.475 e. The molecule has 5 nitrogen and oxygen atoms in total. The zero-order chi connectivity index (χ0) is 17.4. The Balaban J connectivity index is 1.81. The molecule has 0 saturated carbocycles. The van der Waals surface area contributed by atoms with Crippen molar-refractivity contribution < 1.29 is 19.6 Å². The normalized spacial score (nSPS) is 11.6. The van der Waals surface area contributed by atoms with E-state index in [-0.39, 0.29) is 18.9 Å². The van der Waals surface area contributed by atoms with E-state index in [0.717, 1.165) is 11.1 Å². The Bertz CT molecular complexity index is 631. The third kappa shape index (κ3) is 6.06. The first-order valence-corrected chi connectivity index (χ1v) is 7.93. The van der Waals surface area contributed by atoms with Crippen molar-refractivity contribution >= 4 is 13.0 Å². The van der Waals surface area contributed by atoms with Gasteiger partial charge in [-0.05, 0) is 31.0 Å². The van der Waals surface area contributed by atoms with Gasteiger partial charge in [-0.2, -0.15) is 0 Å². The van der Waals surface area contributed by atoms with Gasteiger partial charge >= 0.3 is 7.12 Å². The van der Waals surface area contributed by atoms with Gasteiger partial charge in [0.1, 0.15) is 5.75 Å². The van der Waals surface area contributed by atoms with E-state index in [4.69, 9.17) is 4.74 Å². The number of para-hydroxylation sites is 1. The first-order chi connectivity index (χ1) is 11.5. The number of carbonyl (C=O) groups excluding carboxylic acids is 1. The molecule has 0 saturated heterocycles. The van der Waals surface area contributed by atoms with Crippen LogP contribution in [0.25, 0.3) is 0 Å². The van der Waals surface area contributed by atoms with Gasteiger partial charge in [-0.15, -0.1) is 0 Å². The fraction of sp³-hybridized carbons (Fsp3) is 0.278. The van der Waals surface area contributed by atoms with Crippen LogP contribution in [0.2, 0.25) is 0 Å².